The number of carbonyl (C=O) groups excluding carboxylic acids is 2. The number of nitrogens with one attached hydrogen (secondary N) is 1. The van der Waals surface area contributed by atoms with Gasteiger partial charge in [0.15, 0.2) is 5.76 Å². The molecule has 1 aromatic heterocycles. The monoisotopic (exact) mass is 398 g/mol. The summed E-state index contributed by atoms with van der Waals surface area (Å²) in [5.74, 6) is -2.23. The molecule has 5 nitrogen and oxygen atoms in total. The van der Waals surface area contributed by atoms with E-state index in [0.717, 1.165) is 17.5 Å². The van der Waals surface area contributed by atoms with Gasteiger partial charge in [-0.3, -0.25) is 9.59 Å². The van der Waals surface area contributed by atoms with Crippen LogP contribution in [0.4, 0.5) is 8.78 Å². The van der Waals surface area contributed by atoms with E-state index < -0.39 is 23.1 Å². The zero-order valence-corrected chi connectivity index (χ0v) is 15.7. The van der Waals surface area contributed by atoms with Crippen LogP contribution in [0.2, 0.25) is 0 Å². The van der Waals surface area contributed by atoms with Gasteiger partial charge in [-0.1, -0.05) is 24.3 Å². The Labute approximate surface area is 166 Å². The first kappa shape index (κ1) is 19.1. The van der Waals surface area contributed by atoms with Crippen molar-refractivity contribution < 1.29 is 22.8 Å². The highest BCUT2D eigenvalue weighted by Crippen LogP contribution is 2.23. The number of furan rings is 1. The molecule has 3 aromatic rings. The molecule has 7 heteroatoms. The summed E-state index contributed by atoms with van der Waals surface area (Å²) in [6.07, 6.45) is 1.37. The molecule has 0 spiro atoms. The van der Waals surface area contributed by atoms with Crippen LogP contribution in [-0.2, 0) is 0 Å². The van der Waals surface area contributed by atoms with Crippen LogP contribution in [-0.4, -0.2) is 36.3 Å². The number of hydrogen-bond acceptors (Lipinski definition) is 3. The van der Waals surface area contributed by atoms with Crippen LogP contribution in [0.5, 0.6) is 0 Å². The summed E-state index contributed by atoms with van der Waals surface area (Å²) < 4.78 is 33.0. The zero-order valence-electron chi connectivity index (χ0n) is 15.7. The fraction of sp³-hybridized carbons (Fsp3) is 0.273. The number of hydrogen-bond donors (Lipinski definition) is 1. The third-order valence-electron chi connectivity index (χ3n) is 5.28. The summed E-state index contributed by atoms with van der Waals surface area (Å²) >= 11 is 0. The number of rotatable bonds is 4. The minimum absolute atomic E-state index is 0.133. The molecule has 1 N–H and O–H groups in total. The maximum absolute atomic E-state index is 13.7. The summed E-state index contributed by atoms with van der Waals surface area (Å²) in [7, 11) is 0. The first-order valence-electron chi connectivity index (χ1n) is 9.53. The van der Waals surface area contributed by atoms with Crippen LogP contribution >= 0.6 is 0 Å². The van der Waals surface area contributed by atoms with E-state index in [2.05, 4.69) is 5.32 Å². The van der Waals surface area contributed by atoms with Crippen molar-refractivity contribution in [2.45, 2.75) is 12.8 Å². The Bertz CT molecular complexity index is 1000. The molecule has 1 aliphatic rings. The second kappa shape index (κ2) is 8.03. The molecule has 0 saturated carbocycles. The van der Waals surface area contributed by atoms with Crippen LogP contribution in [0.25, 0.3) is 11.0 Å². The lowest BCUT2D eigenvalue weighted by Crippen LogP contribution is -2.41. The first-order valence-corrected chi connectivity index (χ1v) is 9.53. The molecule has 4 rings (SSSR count). The van der Waals surface area contributed by atoms with Crippen LogP contribution in [0.1, 0.15) is 33.8 Å². The summed E-state index contributed by atoms with van der Waals surface area (Å²) in [5.41, 5.74) is 0.110. The van der Waals surface area contributed by atoms with Crippen molar-refractivity contribution in [2.75, 3.05) is 19.6 Å². The minimum Gasteiger partial charge on any atom is -0.451 e. The van der Waals surface area contributed by atoms with Crippen molar-refractivity contribution >= 4 is 22.8 Å². The Morgan fingerprint density at radius 2 is 1.72 bits per heavy atom. The minimum atomic E-state index is -0.881. The van der Waals surface area contributed by atoms with Gasteiger partial charge < -0.3 is 14.6 Å². The Hall–Kier alpha value is -3.22. The van der Waals surface area contributed by atoms with Crippen molar-refractivity contribution in [2.24, 2.45) is 5.92 Å². The van der Waals surface area contributed by atoms with Crippen molar-refractivity contribution in [3.05, 3.63) is 71.5 Å². The SMILES string of the molecule is O=C(NCC1CCN(C(=O)c2cc3ccccc3o2)CC1)c1c(F)cccc1F. The molecule has 0 bridgehead atoms. The van der Waals surface area contributed by atoms with Crippen molar-refractivity contribution in [3.63, 3.8) is 0 Å². The summed E-state index contributed by atoms with van der Waals surface area (Å²) in [6.45, 7) is 1.37. The smallest absolute Gasteiger partial charge is 0.289 e. The number of benzene rings is 2. The van der Waals surface area contributed by atoms with E-state index in [-0.39, 0.29) is 11.8 Å². The molecule has 2 aromatic carbocycles. The van der Waals surface area contributed by atoms with E-state index in [4.69, 9.17) is 4.42 Å². The lowest BCUT2D eigenvalue weighted by molar-refractivity contribution is 0.0655. The molecule has 0 atom stereocenters. The molecule has 0 radical (unpaired) electrons. The Morgan fingerprint density at radius 3 is 2.41 bits per heavy atom. The zero-order chi connectivity index (χ0) is 20.4. The maximum Gasteiger partial charge on any atom is 0.289 e. The lowest BCUT2D eigenvalue weighted by atomic mass is 9.96. The third kappa shape index (κ3) is 3.99. The number of fused-ring (bicyclic) bond motifs is 1. The van der Waals surface area contributed by atoms with E-state index in [1.165, 1.54) is 6.07 Å². The Balaban J connectivity index is 1.31. The van der Waals surface area contributed by atoms with Crippen LogP contribution in [0.3, 0.4) is 0 Å². The quantitative estimate of drug-likeness (QED) is 0.723. The van der Waals surface area contributed by atoms with Gasteiger partial charge in [-0.15, -0.1) is 0 Å². The summed E-state index contributed by atoms with van der Waals surface area (Å²) in [5, 5.41) is 3.49. The van der Waals surface area contributed by atoms with Gasteiger partial charge in [0.2, 0.25) is 0 Å². The highest BCUT2D eigenvalue weighted by atomic mass is 19.1. The largest absolute Gasteiger partial charge is 0.451 e. The van der Waals surface area contributed by atoms with Crippen molar-refractivity contribution in [1.82, 2.24) is 10.2 Å². The van der Waals surface area contributed by atoms with E-state index in [1.807, 2.05) is 24.3 Å². The number of para-hydroxylation sites is 1. The molecule has 1 aliphatic heterocycles. The third-order valence-corrected chi connectivity index (χ3v) is 5.28. The van der Waals surface area contributed by atoms with Gasteiger partial charge >= 0.3 is 0 Å². The lowest BCUT2D eigenvalue weighted by Gasteiger charge is -2.31. The predicted octanol–water partition coefficient (Wildman–Crippen LogP) is 3.99. The Morgan fingerprint density at radius 1 is 1.03 bits per heavy atom. The number of amides is 2. The molecule has 150 valence electrons. The normalized spacial score (nSPS) is 14.9. The van der Waals surface area contributed by atoms with Gasteiger partial charge in [0.05, 0.1) is 0 Å². The molecule has 0 unspecified atom stereocenters. The first-order chi connectivity index (χ1) is 14.0. The van der Waals surface area contributed by atoms with Crippen molar-refractivity contribution in [1.29, 1.82) is 0 Å². The second-order valence-corrected chi connectivity index (χ2v) is 7.19. The van der Waals surface area contributed by atoms with E-state index in [9.17, 15) is 18.4 Å². The molecule has 2 heterocycles. The maximum atomic E-state index is 13.7. The number of likely N-dealkylation sites (tertiary alicyclic amines) is 1. The number of carbonyl (C=O) groups is 2. The van der Waals surface area contributed by atoms with E-state index >= 15 is 0 Å². The molecule has 29 heavy (non-hydrogen) atoms. The number of nitrogens with zero attached hydrogens (tertiary/aromatic N) is 1. The van der Waals surface area contributed by atoms with Crippen LogP contribution < -0.4 is 5.32 Å². The van der Waals surface area contributed by atoms with Gasteiger partial charge in [-0.2, -0.15) is 0 Å². The van der Waals surface area contributed by atoms with Gasteiger partial charge in [0, 0.05) is 25.0 Å². The number of halogens is 2. The fourth-order valence-corrected chi connectivity index (χ4v) is 3.62. The fourth-order valence-electron chi connectivity index (χ4n) is 3.62. The molecular weight excluding hydrogens is 378 g/mol. The molecule has 1 saturated heterocycles. The van der Waals surface area contributed by atoms with E-state index in [0.29, 0.717) is 43.8 Å². The standard InChI is InChI=1S/C22H20F2N2O3/c23-16-5-3-6-17(24)20(16)21(27)25-13-14-8-10-26(11-9-14)22(28)19-12-15-4-1-2-7-18(15)29-19/h1-7,12,14H,8-11,13H2,(H,25,27). The molecule has 0 aliphatic carbocycles. The highest BCUT2D eigenvalue weighted by molar-refractivity contribution is 5.96. The molecule has 1 fully saturated rings. The van der Waals surface area contributed by atoms with Crippen molar-refractivity contribution in [3.8, 4) is 0 Å². The number of piperidine rings is 1. The average Bonchev–Trinajstić information content (AvgIpc) is 3.16. The van der Waals surface area contributed by atoms with Gasteiger partial charge in [0.1, 0.15) is 22.8 Å². The highest BCUT2D eigenvalue weighted by Gasteiger charge is 2.26. The molecular formula is C22H20F2N2O3. The van der Waals surface area contributed by atoms with Gasteiger partial charge in [-0.25, -0.2) is 8.78 Å². The average molecular weight is 398 g/mol. The Kier molecular flexibility index (Phi) is 5.29. The van der Waals surface area contributed by atoms with Gasteiger partial charge in [-0.05, 0) is 43.0 Å². The summed E-state index contributed by atoms with van der Waals surface area (Å²) in [4.78, 5) is 26.5. The van der Waals surface area contributed by atoms with E-state index in [1.54, 1.807) is 11.0 Å². The second-order valence-electron chi connectivity index (χ2n) is 7.19. The predicted molar refractivity (Wildman–Crippen MR) is 104 cm³/mol. The topological polar surface area (TPSA) is 62.6 Å². The van der Waals surface area contributed by atoms with Crippen LogP contribution in [0, 0.1) is 17.6 Å². The summed E-state index contributed by atoms with van der Waals surface area (Å²) in [6, 6.07) is 12.5. The van der Waals surface area contributed by atoms with Gasteiger partial charge in [0.25, 0.3) is 11.8 Å². The van der Waals surface area contributed by atoms with Crippen LogP contribution in [0.15, 0.2) is 52.9 Å². The molecule has 2 amide bonds.